The van der Waals surface area contributed by atoms with Gasteiger partial charge in [-0.15, -0.1) is 0 Å². The Bertz CT molecular complexity index is 424. The van der Waals surface area contributed by atoms with Crippen molar-refractivity contribution in [2.75, 3.05) is 13.2 Å². The minimum atomic E-state index is -0.0657. The lowest BCUT2D eigenvalue weighted by atomic mass is 10.0. The van der Waals surface area contributed by atoms with Crippen molar-refractivity contribution in [2.24, 2.45) is 5.92 Å². The fourth-order valence-corrected chi connectivity index (χ4v) is 2.21. The van der Waals surface area contributed by atoms with Gasteiger partial charge in [0, 0.05) is 25.8 Å². The van der Waals surface area contributed by atoms with Crippen molar-refractivity contribution in [1.29, 1.82) is 0 Å². The van der Waals surface area contributed by atoms with E-state index in [0.29, 0.717) is 11.7 Å². The summed E-state index contributed by atoms with van der Waals surface area (Å²) in [4.78, 5) is 15.8. The quantitative estimate of drug-likeness (QED) is 0.741. The molecule has 5 heteroatoms. The van der Waals surface area contributed by atoms with Crippen LogP contribution >= 0.6 is 11.6 Å². The van der Waals surface area contributed by atoms with Crippen LogP contribution in [0.5, 0.6) is 0 Å². The van der Waals surface area contributed by atoms with Crippen molar-refractivity contribution in [3.8, 4) is 0 Å². The van der Waals surface area contributed by atoms with Crippen LogP contribution in [0.3, 0.4) is 0 Å². The van der Waals surface area contributed by atoms with E-state index < -0.39 is 0 Å². The zero-order chi connectivity index (χ0) is 11.5. The molecule has 0 aliphatic carbocycles. The molecule has 0 unspecified atom stereocenters. The summed E-state index contributed by atoms with van der Waals surface area (Å²) < 4.78 is 6.99. The second-order valence-corrected chi connectivity index (χ2v) is 4.52. The molecule has 1 saturated heterocycles. The van der Waals surface area contributed by atoms with Crippen LogP contribution in [0.4, 0.5) is 0 Å². The molecule has 1 aliphatic rings. The smallest absolute Gasteiger partial charge is 0.254 e. The van der Waals surface area contributed by atoms with Crippen LogP contribution in [0, 0.1) is 12.8 Å². The molecule has 2 rings (SSSR count). The van der Waals surface area contributed by atoms with Crippen molar-refractivity contribution in [1.82, 2.24) is 9.55 Å². The molecular formula is C11H15ClN2O2. The topological polar surface area (TPSA) is 44.1 Å². The van der Waals surface area contributed by atoms with Crippen molar-refractivity contribution in [2.45, 2.75) is 26.3 Å². The molecule has 1 aromatic heterocycles. The lowest BCUT2D eigenvalue weighted by Gasteiger charge is -2.23. The SMILES string of the molecule is Cc1nc(Cl)cc(=O)n1CC1CCOCC1. The standard InChI is InChI=1S/C11H15ClN2O2/c1-8-13-10(12)6-11(15)14(8)7-9-2-4-16-5-3-9/h6,9H,2-5,7H2,1H3. The van der Waals surface area contributed by atoms with Crippen molar-refractivity contribution in [3.05, 3.63) is 27.4 Å². The summed E-state index contributed by atoms with van der Waals surface area (Å²) in [7, 11) is 0. The highest BCUT2D eigenvalue weighted by Gasteiger charge is 2.16. The average molecular weight is 243 g/mol. The monoisotopic (exact) mass is 242 g/mol. The van der Waals surface area contributed by atoms with Gasteiger partial charge in [-0.3, -0.25) is 9.36 Å². The number of hydrogen-bond donors (Lipinski definition) is 0. The molecule has 0 atom stereocenters. The van der Waals surface area contributed by atoms with Crippen LogP contribution in [-0.2, 0) is 11.3 Å². The van der Waals surface area contributed by atoms with Gasteiger partial charge >= 0.3 is 0 Å². The molecule has 2 heterocycles. The van der Waals surface area contributed by atoms with Gasteiger partial charge in [-0.25, -0.2) is 4.98 Å². The minimum Gasteiger partial charge on any atom is -0.381 e. The molecular weight excluding hydrogens is 228 g/mol. The predicted octanol–water partition coefficient (Wildman–Crippen LogP) is 1.63. The third kappa shape index (κ3) is 2.62. The number of halogens is 1. The van der Waals surface area contributed by atoms with Gasteiger partial charge in [0.25, 0.3) is 5.56 Å². The molecule has 0 radical (unpaired) electrons. The first-order valence-electron chi connectivity index (χ1n) is 5.48. The van der Waals surface area contributed by atoms with E-state index >= 15 is 0 Å². The lowest BCUT2D eigenvalue weighted by molar-refractivity contribution is 0.0606. The van der Waals surface area contributed by atoms with E-state index in [0.717, 1.165) is 32.6 Å². The summed E-state index contributed by atoms with van der Waals surface area (Å²) >= 11 is 5.72. The van der Waals surface area contributed by atoms with Crippen LogP contribution in [-0.4, -0.2) is 22.8 Å². The van der Waals surface area contributed by atoms with Crippen LogP contribution in [0.2, 0.25) is 5.15 Å². The van der Waals surface area contributed by atoms with Crippen LogP contribution in [0.25, 0.3) is 0 Å². The summed E-state index contributed by atoms with van der Waals surface area (Å²) in [5.41, 5.74) is -0.0657. The maximum absolute atomic E-state index is 11.7. The summed E-state index contributed by atoms with van der Waals surface area (Å²) in [6.07, 6.45) is 2.02. The van der Waals surface area contributed by atoms with E-state index in [1.807, 2.05) is 6.92 Å². The molecule has 16 heavy (non-hydrogen) atoms. The highest BCUT2D eigenvalue weighted by molar-refractivity contribution is 6.29. The van der Waals surface area contributed by atoms with E-state index in [2.05, 4.69) is 4.98 Å². The number of ether oxygens (including phenoxy) is 1. The first-order valence-corrected chi connectivity index (χ1v) is 5.86. The van der Waals surface area contributed by atoms with Gasteiger partial charge in [-0.2, -0.15) is 0 Å². The van der Waals surface area contributed by atoms with Gasteiger partial charge in [0.1, 0.15) is 11.0 Å². The molecule has 0 spiro atoms. The van der Waals surface area contributed by atoms with Gasteiger partial charge in [-0.1, -0.05) is 11.6 Å². The molecule has 0 saturated carbocycles. The summed E-state index contributed by atoms with van der Waals surface area (Å²) in [5.74, 6) is 1.19. The Morgan fingerprint density at radius 1 is 1.56 bits per heavy atom. The van der Waals surface area contributed by atoms with E-state index in [1.165, 1.54) is 6.07 Å². The van der Waals surface area contributed by atoms with E-state index in [4.69, 9.17) is 16.3 Å². The predicted molar refractivity (Wildman–Crippen MR) is 61.8 cm³/mol. The molecule has 1 aliphatic heterocycles. The van der Waals surface area contributed by atoms with Gasteiger partial charge in [0.15, 0.2) is 0 Å². The van der Waals surface area contributed by atoms with Crippen molar-refractivity contribution >= 4 is 11.6 Å². The molecule has 1 aromatic rings. The number of rotatable bonds is 2. The Morgan fingerprint density at radius 3 is 2.88 bits per heavy atom. The highest BCUT2D eigenvalue weighted by atomic mass is 35.5. The third-order valence-electron chi connectivity index (χ3n) is 2.95. The number of hydrogen-bond acceptors (Lipinski definition) is 3. The number of aryl methyl sites for hydroxylation is 1. The first-order chi connectivity index (χ1) is 7.66. The normalized spacial score (nSPS) is 17.6. The molecule has 0 N–H and O–H groups in total. The van der Waals surface area contributed by atoms with Crippen LogP contribution in [0.1, 0.15) is 18.7 Å². The second kappa shape index (κ2) is 4.97. The minimum absolute atomic E-state index is 0.0657. The molecule has 0 aromatic carbocycles. The summed E-state index contributed by atoms with van der Waals surface area (Å²) in [5, 5.41) is 0.269. The van der Waals surface area contributed by atoms with Crippen molar-refractivity contribution < 1.29 is 4.74 Å². The van der Waals surface area contributed by atoms with Gasteiger partial charge in [0.2, 0.25) is 0 Å². The fourth-order valence-electron chi connectivity index (χ4n) is 2.00. The average Bonchev–Trinajstić information content (AvgIpc) is 2.25. The summed E-state index contributed by atoms with van der Waals surface area (Å²) in [6, 6.07) is 1.37. The Kier molecular flexibility index (Phi) is 3.61. The highest BCUT2D eigenvalue weighted by Crippen LogP contribution is 2.16. The maximum Gasteiger partial charge on any atom is 0.254 e. The molecule has 0 amide bonds. The van der Waals surface area contributed by atoms with Crippen molar-refractivity contribution in [3.63, 3.8) is 0 Å². The van der Waals surface area contributed by atoms with E-state index in [-0.39, 0.29) is 10.7 Å². The molecule has 4 nitrogen and oxygen atoms in total. The van der Waals surface area contributed by atoms with Gasteiger partial charge in [-0.05, 0) is 25.7 Å². The van der Waals surface area contributed by atoms with Crippen LogP contribution in [0.15, 0.2) is 10.9 Å². The molecule has 1 fully saturated rings. The van der Waals surface area contributed by atoms with E-state index in [9.17, 15) is 4.79 Å². The Hall–Kier alpha value is -0.870. The first kappa shape index (κ1) is 11.6. The zero-order valence-electron chi connectivity index (χ0n) is 9.28. The molecule has 0 bridgehead atoms. The Balaban J connectivity index is 2.17. The second-order valence-electron chi connectivity index (χ2n) is 4.13. The Labute approximate surface area is 99.2 Å². The zero-order valence-corrected chi connectivity index (χ0v) is 10.0. The van der Waals surface area contributed by atoms with Crippen LogP contribution < -0.4 is 5.56 Å². The largest absolute Gasteiger partial charge is 0.381 e. The lowest BCUT2D eigenvalue weighted by Crippen LogP contribution is -2.29. The number of nitrogens with zero attached hydrogens (tertiary/aromatic N) is 2. The maximum atomic E-state index is 11.7. The van der Waals surface area contributed by atoms with Gasteiger partial charge < -0.3 is 4.74 Å². The fraction of sp³-hybridized carbons (Fsp3) is 0.636. The van der Waals surface area contributed by atoms with Gasteiger partial charge in [0.05, 0.1) is 0 Å². The Morgan fingerprint density at radius 2 is 2.25 bits per heavy atom. The summed E-state index contributed by atoms with van der Waals surface area (Å²) in [6.45, 7) is 4.11. The molecule has 88 valence electrons. The number of aromatic nitrogens is 2. The van der Waals surface area contributed by atoms with E-state index in [1.54, 1.807) is 4.57 Å². The third-order valence-corrected chi connectivity index (χ3v) is 3.14.